The lowest BCUT2D eigenvalue weighted by molar-refractivity contribution is -0.424. The fourth-order valence-electron chi connectivity index (χ4n) is 1.51. The fraction of sp³-hybridized carbons (Fsp3) is 0.417. The Labute approximate surface area is 126 Å². The summed E-state index contributed by atoms with van der Waals surface area (Å²) in [6.45, 7) is 0. The second-order valence-electron chi connectivity index (χ2n) is 4.48. The molecule has 134 valence electrons. The standard InChI is InChI=1S/C12H4F11N/c13-8(14,7-3-1-6(5-24)2-4-7)9(15,16)10(17,18)11(19,20)12(21,22)23/h1-4H. The predicted molar refractivity (Wildman–Crippen MR) is 55.9 cm³/mol. The number of benzene rings is 1. The molecule has 0 aliphatic heterocycles. The number of alkyl halides is 11. The zero-order valence-corrected chi connectivity index (χ0v) is 10.9. The predicted octanol–water partition coefficient (Wildman–Crippen LogP) is 5.12. The molecule has 0 unspecified atom stereocenters. The molecule has 1 aromatic rings. The summed E-state index contributed by atoms with van der Waals surface area (Å²) in [5.74, 6) is -28.0. The van der Waals surface area contributed by atoms with Gasteiger partial charge in [0.25, 0.3) is 0 Å². The first-order chi connectivity index (χ1) is 10.5. The highest BCUT2D eigenvalue weighted by Crippen LogP contribution is 2.59. The smallest absolute Gasteiger partial charge is 0.194 e. The lowest BCUT2D eigenvalue weighted by Crippen LogP contribution is -2.65. The molecule has 12 heteroatoms. The van der Waals surface area contributed by atoms with Crippen molar-refractivity contribution in [1.29, 1.82) is 5.26 Å². The van der Waals surface area contributed by atoms with E-state index in [0.717, 1.165) is 0 Å². The molecule has 1 nitrogen and oxygen atoms in total. The largest absolute Gasteiger partial charge is 0.460 e. The third kappa shape index (κ3) is 2.65. The summed E-state index contributed by atoms with van der Waals surface area (Å²) in [6, 6.07) is 2.38. The van der Waals surface area contributed by atoms with Crippen LogP contribution in [0.5, 0.6) is 0 Å². The van der Waals surface area contributed by atoms with E-state index in [1.807, 2.05) is 0 Å². The highest BCUT2D eigenvalue weighted by Gasteiger charge is 2.87. The van der Waals surface area contributed by atoms with Crippen molar-refractivity contribution in [3.8, 4) is 6.07 Å². The van der Waals surface area contributed by atoms with Gasteiger partial charge >= 0.3 is 29.9 Å². The van der Waals surface area contributed by atoms with Crippen molar-refractivity contribution < 1.29 is 48.3 Å². The van der Waals surface area contributed by atoms with Crippen LogP contribution >= 0.6 is 0 Å². The molecule has 1 aromatic carbocycles. The maximum Gasteiger partial charge on any atom is 0.460 e. The van der Waals surface area contributed by atoms with Gasteiger partial charge in [-0.3, -0.25) is 0 Å². The first kappa shape index (κ1) is 20.0. The minimum atomic E-state index is -7.45. The minimum absolute atomic E-state index is 0.0360. The summed E-state index contributed by atoms with van der Waals surface area (Å²) in [7, 11) is 0. The molecule has 0 bridgehead atoms. The molecule has 0 heterocycles. The van der Waals surface area contributed by atoms with Crippen LogP contribution in [0.4, 0.5) is 48.3 Å². The molecule has 0 aliphatic rings. The van der Waals surface area contributed by atoms with E-state index in [2.05, 4.69) is 0 Å². The lowest BCUT2D eigenvalue weighted by atomic mass is 9.93. The summed E-state index contributed by atoms with van der Waals surface area (Å²) in [5.41, 5.74) is -2.34. The Morgan fingerprint density at radius 2 is 1.04 bits per heavy atom. The Hall–Kier alpha value is -2.06. The Bertz CT molecular complexity index is 636. The number of hydrogen-bond donors (Lipinski definition) is 0. The quantitative estimate of drug-likeness (QED) is 0.675. The number of nitriles is 1. The summed E-state index contributed by atoms with van der Waals surface area (Å²) in [6.07, 6.45) is -7.19. The van der Waals surface area contributed by atoms with Gasteiger partial charge in [-0.1, -0.05) is 12.1 Å². The molecular formula is C12H4F11N. The highest BCUT2D eigenvalue weighted by atomic mass is 19.4. The fourth-order valence-corrected chi connectivity index (χ4v) is 1.51. The summed E-state index contributed by atoms with van der Waals surface area (Å²) >= 11 is 0. The maximum atomic E-state index is 13.6. The second kappa shape index (κ2) is 5.49. The second-order valence-corrected chi connectivity index (χ2v) is 4.48. The van der Waals surface area contributed by atoms with E-state index < -0.39 is 35.4 Å². The van der Waals surface area contributed by atoms with Crippen molar-refractivity contribution in [3.63, 3.8) is 0 Å². The van der Waals surface area contributed by atoms with E-state index in [1.54, 1.807) is 0 Å². The van der Waals surface area contributed by atoms with Crippen LogP contribution in [0.2, 0.25) is 0 Å². The molecule has 0 radical (unpaired) electrons. The molecule has 24 heavy (non-hydrogen) atoms. The Kier molecular flexibility index (Phi) is 4.57. The SMILES string of the molecule is N#Cc1ccc(C(F)(F)C(F)(F)C(F)(F)C(F)(F)C(F)(F)F)cc1. The molecule has 0 fully saturated rings. The van der Waals surface area contributed by atoms with Crippen molar-refractivity contribution >= 4 is 0 Å². The monoisotopic (exact) mass is 371 g/mol. The lowest BCUT2D eigenvalue weighted by Gasteiger charge is -2.37. The van der Waals surface area contributed by atoms with Gasteiger partial charge in [0.2, 0.25) is 0 Å². The molecule has 0 amide bonds. The topological polar surface area (TPSA) is 23.8 Å². The molecule has 1 rings (SSSR count). The van der Waals surface area contributed by atoms with Crippen LogP contribution < -0.4 is 0 Å². The molecule has 0 N–H and O–H groups in total. The van der Waals surface area contributed by atoms with E-state index in [1.165, 1.54) is 6.07 Å². The average Bonchev–Trinajstić information content (AvgIpc) is 2.45. The van der Waals surface area contributed by atoms with Gasteiger partial charge in [0.1, 0.15) is 0 Å². The number of rotatable bonds is 4. The van der Waals surface area contributed by atoms with E-state index >= 15 is 0 Å². The van der Waals surface area contributed by atoms with Gasteiger partial charge in [0.15, 0.2) is 0 Å². The molecule has 0 saturated heterocycles. The highest BCUT2D eigenvalue weighted by molar-refractivity contribution is 5.34. The van der Waals surface area contributed by atoms with Crippen molar-refractivity contribution in [2.75, 3.05) is 0 Å². The van der Waals surface area contributed by atoms with Crippen LogP contribution in [-0.2, 0) is 5.92 Å². The van der Waals surface area contributed by atoms with Gasteiger partial charge in [0.05, 0.1) is 11.6 Å². The third-order valence-electron chi connectivity index (χ3n) is 2.92. The van der Waals surface area contributed by atoms with Gasteiger partial charge in [-0.2, -0.15) is 53.6 Å². The van der Waals surface area contributed by atoms with Crippen LogP contribution in [-0.4, -0.2) is 23.9 Å². The molecule has 0 atom stereocenters. The zero-order chi connectivity index (χ0) is 19.2. The first-order valence-electron chi connectivity index (χ1n) is 5.62. The van der Waals surface area contributed by atoms with Crippen LogP contribution in [0.1, 0.15) is 11.1 Å². The van der Waals surface area contributed by atoms with E-state index in [9.17, 15) is 48.3 Å². The van der Waals surface area contributed by atoms with Gasteiger partial charge in [-0.05, 0) is 12.1 Å². The number of halogens is 11. The molecule has 0 spiro atoms. The number of nitrogens with zero attached hydrogens (tertiary/aromatic N) is 1. The number of hydrogen-bond acceptors (Lipinski definition) is 1. The van der Waals surface area contributed by atoms with Gasteiger partial charge in [-0.25, -0.2) is 0 Å². The van der Waals surface area contributed by atoms with Crippen LogP contribution in [0.25, 0.3) is 0 Å². The van der Waals surface area contributed by atoms with Crippen molar-refractivity contribution in [1.82, 2.24) is 0 Å². The maximum absolute atomic E-state index is 13.6. The molecule has 0 aliphatic carbocycles. The molecule has 0 saturated carbocycles. The van der Waals surface area contributed by atoms with Gasteiger partial charge < -0.3 is 0 Å². The Balaban J connectivity index is 3.46. The van der Waals surface area contributed by atoms with Crippen LogP contribution in [0.3, 0.4) is 0 Å². The van der Waals surface area contributed by atoms with Crippen molar-refractivity contribution in [2.45, 2.75) is 29.9 Å². The summed E-state index contributed by atoms with van der Waals surface area (Å²) in [5, 5.41) is 8.39. The Morgan fingerprint density at radius 1 is 0.625 bits per heavy atom. The summed E-state index contributed by atoms with van der Waals surface area (Å²) < 4.78 is 141. The molecular weight excluding hydrogens is 367 g/mol. The van der Waals surface area contributed by atoms with E-state index in [0.29, 0.717) is 12.1 Å². The minimum Gasteiger partial charge on any atom is -0.194 e. The zero-order valence-electron chi connectivity index (χ0n) is 10.9. The van der Waals surface area contributed by atoms with Gasteiger partial charge in [-0.15, -0.1) is 0 Å². The van der Waals surface area contributed by atoms with Crippen molar-refractivity contribution in [3.05, 3.63) is 35.4 Å². The Morgan fingerprint density at radius 3 is 1.38 bits per heavy atom. The first-order valence-corrected chi connectivity index (χ1v) is 5.62. The van der Waals surface area contributed by atoms with Crippen LogP contribution in [0, 0.1) is 11.3 Å². The average molecular weight is 371 g/mol. The van der Waals surface area contributed by atoms with Crippen molar-refractivity contribution in [2.24, 2.45) is 0 Å². The summed E-state index contributed by atoms with van der Waals surface area (Å²) in [4.78, 5) is 0. The van der Waals surface area contributed by atoms with Gasteiger partial charge in [0, 0.05) is 5.56 Å². The van der Waals surface area contributed by atoms with Crippen LogP contribution in [0.15, 0.2) is 24.3 Å². The normalized spacial score (nSPS) is 14.4. The van der Waals surface area contributed by atoms with E-state index in [-0.39, 0.29) is 17.7 Å². The van der Waals surface area contributed by atoms with E-state index in [4.69, 9.17) is 5.26 Å². The third-order valence-corrected chi connectivity index (χ3v) is 2.92. The molecule has 0 aromatic heterocycles.